The largest absolute Gasteiger partial charge is 0.497 e. The number of hydrogen-bond donors (Lipinski definition) is 0. The molecule has 0 bridgehead atoms. The fraction of sp³-hybridized carbons (Fsp3) is 0.385. The lowest BCUT2D eigenvalue weighted by atomic mass is 9.87. The number of methoxy groups -OCH3 is 1. The van der Waals surface area contributed by atoms with Crippen LogP contribution in [0, 0.1) is 5.92 Å². The van der Waals surface area contributed by atoms with E-state index in [0.717, 1.165) is 30.6 Å². The Kier molecular flexibility index (Phi) is 6.20. The second-order valence-electron chi connectivity index (χ2n) is 9.33. The Morgan fingerprint density at radius 2 is 1.81 bits per heavy atom. The van der Waals surface area contributed by atoms with Crippen molar-refractivity contribution in [3.05, 3.63) is 63.0 Å². The van der Waals surface area contributed by atoms with Crippen LogP contribution >= 0.6 is 23.1 Å². The van der Waals surface area contributed by atoms with Gasteiger partial charge in [-0.15, -0.1) is 0 Å². The Morgan fingerprint density at radius 3 is 2.49 bits per heavy atom. The highest BCUT2D eigenvalue weighted by atomic mass is 32.2. The molecule has 3 amide bonds. The average molecular weight is 540 g/mol. The number of amides is 3. The van der Waals surface area contributed by atoms with Gasteiger partial charge in [0.1, 0.15) is 23.3 Å². The van der Waals surface area contributed by atoms with Gasteiger partial charge in [-0.2, -0.15) is 0 Å². The second-order valence-corrected chi connectivity index (χ2v) is 11.5. The molecule has 3 atom stereocenters. The molecule has 0 radical (unpaired) electrons. The number of furan rings is 1. The molecule has 1 aromatic carbocycles. The molecule has 2 saturated heterocycles. The molecule has 9 nitrogen and oxygen atoms in total. The fourth-order valence-corrected chi connectivity index (χ4v) is 8.15. The lowest BCUT2D eigenvalue weighted by Crippen LogP contribution is -2.39. The summed E-state index contributed by atoms with van der Waals surface area (Å²) >= 11 is 2.23. The number of aromatic nitrogens is 1. The molecule has 2 unspecified atom stereocenters. The maximum atomic E-state index is 13.8. The van der Waals surface area contributed by atoms with Gasteiger partial charge in [0.15, 0.2) is 0 Å². The van der Waals surface area contributed by atoms with Crippen molar-refractivity contribution in [2.75, 3.05) is 25.1 Å². The van der Waals surface area contributed by atoms with E-state index in [0.29, 0.717) is 40.2 Å². The van der Waals surface area contributed by atoms with E-state index in [1.165, 1.54) is 27.5 Å². The second kappa shape index (κ2) is 9.53. The number of rotatable bonds is 5. The van der Waals surface area contributed by atoms with E-state index in [-0.39, 0.29) is 29.1 Å². The van der Waals surface area contributed by atoms with Gasteiger partial charge in [-0.3, -0.25) is 23.7 Å². The van der Waals surface area contributed by atoms with Crippen LogP contribution in [0.3, 0.4) is 0 Å². The molecule has 3 aliphatic heterocycles. The summed E-state index contributed by atoms with van der Waals surface area (Å²) in [5.41, 5.74) is 0.463. The predicted molar refractivity (Wildman–Crippen MR) is 138 cm³/mol. The number of carbonyl (C=O) groups excluding carboxylic acids is 3. The normalized spacial score (nSPS) is 23.2. The molecule has 0 N–H and O–H groups in total. The third kappa shape index (κ3) is 4.00. The zero-order chi connectivity index (χ0) is 25.7. The quantitative estimate of drug-likeness (QED) is 0.459. The summed E-state index contributed by atoms with van der Waals surface area (Å²) in [7, 11) is 1.55. The number of carbonyl (C=O) groups is 3. The van der Waals surface area contributed by atoms with Gasteiger partial charge in [0.25, 0.3) is 0 Å². The minimum Gasteiger partial charge on any atom is -0.497 e. The summed E-state index contributed by atoms with van der Waals surface area (Å²) in [6.45, 7) is 1.30. The number of nitrogens with zero attached hydrogens (tertiary/aromatic N) is 3. The third-order valence-corrected chi connectivity index (χ3v) is 9.84. The van der Waals surface area contributed by atoms with Crippen LogP contribution in [0.15, 0.2) is 56.9 Å². The SMILES string of the molecule is COc1ccc(N2C(=O)C3Sc4c(sc(=O)n4CC(=O)N4CCCCC4)[C@H](c4ccco4)C3C2=O)cc1. The van der Waals surface area contributed by atoms with Crippen LogP contribution < -0.4 is 14.5 Å². The van der Waals surface area contributed by atoms with Gasteiger partial charge in [-0.05, 0) is 55.7 Å². The highest BCUT2D eigenvalue weighted by Gasteiger charge is 2.57. The van der Waals surface area contributed by atoms with Crippen molar-refractivity contribution in [1.29, 1.82) is 0 Å². The topological polar surface area (TPSA) is 102 Å². The molecule has 3 aliphatic rings. The van der Waals surface area contributed by atoms with Crippen molar-refractivity contribution < 1.29 is 23.5 Å². The molecule has 0 aliphatic carbocycles. The van der Waals surface area contributed by atoms with E-state index in [9.17, 15) is 19.2 Å². The summed E-state index contributed by atoms with van der Waals surface area (Å²) in [5.74, 6) is -0.981. The monoisotopic (exact) mass is 539 g/mol. The maximum absolute atomic E-state index is 13.8. The van der Waals surface area contributed by atoms with Crippen molar-refractivity contribution in [2.45, 2.75) is 42.0 Å². The molecule has 6 rings (SSSR count). The van der Waals surface area contributed by atoms with Gasteiger partial charge in [0.05, 0.1) is 40.8 Å². The summed E-state index contributed by atoms with van der Waals surface area (Å²) in [5, 5.41) is -0.178. The molecule has 2 fully saturated rings. The smallest absolute Gasteiger partial charge is 0.308 e. The standard InChI is InChI=1S/C26H25N3O6S2/c1-34-16-9-7-15(8-10-16)29-23(31)20-19(17-6-5-13-35-17)22-25(36-21(20)24(29)32)28(26(33)37-22)14-18(30)27-11-3-2-4-12-27/h5-10,13,19-21H,2-4,11-12,14H2,1H3/t19-,20?,21?/m1/s1. The number of piperidine rings is 1. The Bertz CT molecular complexity index is 1400. The van der Waals surface area contributed by atoms with E-state index >= 15 is 0 Å². The van der Waals surface area contributed by atoms with Gasteiger partial charge in [0.2, 0.25) is 17.7 Å². The maximum Gasteiger partial charge on any atom is 0.308 e. The first-order chi connectivity index (χ1) is 18.0. The van der Waals surface area contributed by atoms with Crippen LogP contribution in [-0.2, 0) is 20.9 Å². The van der Waals surface area contributed by atoms with Crippen LogP contribution in [0.5, 0.6) is 5.75 Å². The van der Waals surface area contributed by atoms with Gasteiger partial charge in [-0.25, -0.2) is 4.90 Å². The minimum atomic E-state index is -0.748. The summed E-state index contributed by atoms with van der Waals surface area (Å²) < 4.78 is 12.4. The first-order valence-corrected chi connectivity index (χ1v) is 13.9. The van der Waals surface area contributed by atoms with E-state index < -0.39 is 17.1 Å². The van der Waals surface area contributed by atoms with Gasteiger partial charge in [0, 0.05) is 13.1 Å². The van der Waals surface area contributed by atoms with Crippen molar-refractivity contribution in [2.24, 2.45) is 5.92 Å². The van der Waals surface area contributed by atoms with Crippen LogP contribution in [0.1, 0.15) is 35.8 Å². The third-order valence-electron chi connectivity index (χ3n) is 7.23. The molecule has 192 valence electrons. The molecule has 0 saturated carbocycles. The molecule has 11 heteroatoms. The van der Waals surface area contributed by atoms with E-state index in [2.05, 4.69) is 0 Å². The number of fused-ring (bicyclic) bond motifs is 2. The molecular formula is C26H25N3O6S2. The number of ether oxygens (including phenoxy) is 1. The molecule has 5 heterocycles. The minimum absolute atomic E-state index is 0.0791. The molecule has 37 heavy (non-hydrogen) atoms. The van der Waals surface area contributed by atoms with Crippen molar-refractivity contribution in [3.8, 4) is 5.75 Å². The Labute approximate surface area is 221 Å². The lowest BCUT2D eigenvalue weighted by molar-refractivity contribution is -0.133. The zero-order valence-corrected chi connectivity index (χ0v) is 21.8. The number of anilines is 1. The Hall–Kier alpha value is -3.31. The van der Waals surface area contributed by atoms with Crippen LogP contribution in [0.4, 0.5) is 5.69 Å². The predicted octanol–water partition coefficient (Wildman–Crippen LogP) is 3.32. The van der Waals surface area contributed by atoms with E-state index in [4.69, 9.17) is 9.15 Å². The van der Waals surface area contributed by atoms with E-state index in [1.807, 2.05) is 0 Å². The van der Waals surface area contributed by atoms with Gasteiger partial charge >= 0.3 is 4.87 Å². The van der Waals surface area contributed by atoms with E-state index in [1.54, 1.807) is 48.4 Å². The number of thiazole rings is 1. The summed E-state index contributed by atoms with van der Waals surface area (Å²) in [4.78, 5) is 57.1. The lowest BCUT2D eigenvalue weighted by Gasteiger charge is -2.30. The molecule has 2 aromatic heterocycles. The van der Waals surface area contributed by atoms with Crippen LogP contribution in [0.25, 0.3) is 0 Å². The average Bonchev–Trinajstić information content (AvgIpc) is 3.62. The van der Waals surface area contributed by atoms with Crippen molar-refractivity contribution >= 4 is 46.5 Å². The highest BCUT2D eigenvalue weighted by molar-refractivity contribution is 8.00. The number of imide groups is 1. The molecular weight excluding hydrogens is 514 g/mol. The summed E-state index contributed by atoms with van der Waals surface area (Å²) in [6, 6.07) is 10.3. The van der Waals surface area contributed by atoms with Crippen molar-refractivity contribution in [3.63, 3.8) is 0 Å². The zero-order valence-electron chi connectivity index (χ0n) is 20.1. The van der Waals surface area contributed by atoms with Gasteiger partial charge < -0.3 is 14.1 Å². The number of likely N-dealkylation sites (tertiary alicyclic amines) is 1. The number of hydrogen-bond acceptors (Lipinski definition) is 8. The van der Waals surface area contributed by atoms with Crippen LogP contribution in [-0.4, -0.2) is 52.6 Å². The summed E-state index contributed by atoms with van der Waals surface area (Å²) in [6.07, 6.45) is 4.54. The Morgan fingerprint density at radius 1 is 1.05 bits per heavy atom. The first-order valence-electron chi connectivity index (χ1n) is 12.2. The van der Waals surface area contributed by atoms with Crippen molar-refractivity contribution in [1.82, 2.24) is 9.47 Å². The molecule has 3 aromatic rings. The number of thioether (sulfide) groups is 1. The molecule has 0 spiro atoms. The first kappa shape index (κ1) is 24.1. The highest BCUT2D eigenvalue weighted by Crippen LogP contribution is 2.54. The van der Waals surface area contributed by atoms with Gasteiger partial charge in [-0.1, -0.05) is 23.1 Å². The fourth-order valence-electron chi connectivity index (χ4n) is 5.39. The van der Waals surface area contributed by atoms with Crippen LogP contribution in [0.2, 0.25) is 0 Å². The Balaban J connectivity index is 1.39. The number of benzene rings is 1.